The minimum absolute atomic E-state index is 0.00229. The van der Waals surface area contributed by atoms with Gasteiger partial charge in [-0.2, -0.15) is 4.31 Å². The SMILES string of the molecule is CC1CCC(C)N(S(=O)(=O)c2cnc(N)c(Cl)c2)C1. The maximum Gasteiger partial charge on any atom is 0.244 e. The van der Waals surface area contributed by atoms with Crippen LogP contribution in [-0.4, -0.2) is 30.3 Å². The van der Waals surface area contributed by atoms with Crippen LogP contribution >= 0.6 is 11.6 Å². The molecule has 1 aromatic heterocycles. The van der Waals surface area contributed by atoms with E-state index in [0.29, 0.717) is 12.5 Å². The summed E-state index contributed by atoms with van der Waals surface area (Å²) in [6.45, 7) is 4.52. The number of halogens is 1. The quantitative estimate of drug-likeness (QED) is 0.908. The second-order valence-electron chi connectivity index (χ2n) is 5.14. The fourth-order valence-electron chi connectivity index (χ4n) is 2.29. The van der Waals surface area contributed by atoms with Crippen molar-refractivity contribution in [1.29, 1.82) is 0 Å². The molecule has 1 fully saturated rings. The molecule has 2 heterocycles. The van der Waals surface area contributed by atoms with Crippen LogP contribution in [0.5, 0.6) is 0 Å². The first-order valence-corrected chi connectivity index (χ1v) is 8.07. The summed E-state index contributed by atoms with van der Waals surface area (Å²) >= 11 is 5.85. The summed E-state index contributed by atoms with van der Waals surface area (Å²) in [5, 5.41) is 0.166. The van der Waals surface area contributed by atoms with Crippen molar-refractivity contribution in [2.45, 2.75) is 37.6 Å². The Balaban J connectivity index is 2.38. The number of anilines is 1. The van der Waals surface area contributed by atoms with Crippen molar-refractivity contribution in [2.24, 2.45) is 5.92 Å². The van der Waals surface area contributed by atoms with Crippen molar-refractivity contribution in [3.63, 3.8) is 0 Å². The molecule has 1 aromatic rings. The monoisotopic (exact) mass is 303 g/mol. The molecule has 1 saturated heterocycles. The molecule has 0 spiro atoms. The van der Waals surface area contributed by atoms with Gasteiger partial charge in [0, 0.05) is 18.8 Å². The van der Waals surface area contributed by atoms with Gasteiger partial charge in [0.1, 0.15) is 10.7 Å². The maximum absolute atomic E-state index is 12.6. The average Bonchev–Trinajstić information content (AvgIpc) is 2.35. The molecule has 2 N–H and O–H groups in total. The highest BCUT2D eigenvalue weighted by atomic mass is 35.5. The van der Waals surface area contributed by atoms with Gasteiger partial charge in [0.25, 0.3) is 0 Å². The van der Waals surface area contributed by atoms with Crippen molar-refractivity contribution in [3.8, 4) is 0 Å². The van der Waals surface area contributed by atoms with Crippen molar-refractivity contribution >= 4 is 27.4 Å². The van der Waals surface area contributed by atoms with Crippen LogP contribution in [0.15, 0.2) is 17.2 Å². The smallest absolute Gasteiger partial charge is 0.244 e. The minimum Gasteiger partial charge on any atom is -0.382 e. The zero-order valence-electron chi connectivity index (χ0n) is 11.0. The summed E-state index contributed by atoms with van der Waals surface area (Å²) in [5.41, 5.74) is 5.51. The van der Waals surface area contributed by atoms with Crippen LogP contribution in [0.25, 0.3) is 0 Å². The molecule has 2 atom stereocenters. The summed E-state index contributed by atoms with van der Waals surface area (Å²) in [5.74, 6) is 0.504. The second kappa shape index (κ2) is 5.26. The predicted octanol–water partition coefficient (Wildman–Crippen LogP) is 2.13. The van der Waals surface area contributed by atoms with E-state index in [-0.39, 0.29) is 21.8 Å². The van der Waals surface area contributed by atoms with E-state index in [1.807, 2.05) is 6.92 Å². The summed E-state index contributed by atoms with van der Waals surface area (Å²) in [4.78, 5) is 3.93. The standard InChI is InChI=1S/C12H18ClN3O2S/c1-8-3-4-9(2)16(7-8)19(17,18)10-5-11(13)12(14)15-6-10/h5-6,8-9H,3-4,7H2,1-2H3,(H2,14,15). The Morgan fingerprint density at radius 1 is 1.42 bits per heavy atom. The van der Waals surface area contributed by atoms with Crippen LogP contribution in [-0.2, 0) is 10.0 Å². The van der Waals surface area contributed by atoms with Gasteiger partial charge in [-0.1, -0.05) is 18.5 Å². The molecule has 2 rings (SSSR count). The second-order valence-corrected chi connectivity index (χ2v) is 7.44. The highest BCUT2D eigenvalue weighted by molar-refractivity contribution is 7.89. The molecule has 19 heavy (non-hydrogen) atoms. The summed E-state index contributed by atoms with van der Waals surface area (Å²) in [6.07, 6.45) is 3.19. The van der Waals surface area contributed by atoms with E-state index in [1.165, 1.54) is 16.6 Å². The number of sulfonamides is 1. The van der Waals surface area contributed by atoms with E-state index < -0.39 is 10.0 Å². The van der Waals surface area contributed by atoms with Crippen LogP contribution in [0.1, 0.15) is 26.7 Å². The Hall–Kier alpha value is -0.850. The lowest BCUT2D eigenvalue weighted by Gasteiger charge is -2.35. The van der Waals surface area contributed by atoms with Crippen LogP contribution in [0.3, 0.4) is 0 Å². The minimum atomic E-state index is -3.55. The average molecular weight is 304 g/mol. The topological polar surface area (TPSA) is 76.3 Å². The summed E-state index contributed by atoms with van der Waals surface area (Å²) in [6, 6.07) is 1.36. The first-order chi connectivity index (χ1) is 8.82. The number of nitrogen functional groups attached to an aromatic ring is 1. The molecule has 2 unspecified atom stereocenters. The summed E-state index contributed by atoms with van der Waals surface area (Å²) < 4.78 is 26.7. The van der Waals surface area contributed by atoms with Crippen molar-refractivity contribution in [2.75, 3.05) is 12.3 Å². The maximum atomic E-state index is 12.6. The largest absolute Gasteiger partial charge is 0.382 e. The predicted molar refractivity (Wildman–Crippen MR) is 75.4 cm³/mol. The number of nitrogens with zero attached hydrogens (tertiary/aromatic N) is 2. The van der Waals surface area contributed by atoms with Crippen molar-refractivity contribution in [3.05, 3.63) is 17.3 Å². The zero-order valence-corrected chi connectivity index (χ0v) is 12.6. The van der Waals surface area contributed by atoms with Crippen molar-refractivity contribution in [1.82, 2.24) is 9.29 Å². The van der Waals surface area contributed by atoms with Gasteiger partial charge in [-0.15, -0.1) is 0 Å². The van der Waals surface area contributed by atoms with Crippen molar-refractivity contribution < 1.29 is 8.42 Å². The highest BCUT2D eigenvalue weighted by Gasteiger charge is 2.33. The molecule has 1 aliphatic rings. The third kappa shape index (κ3) is 2.85. The molecule has 0 saturated carbocycles. The molecule has 5 nitrogen and oxygen atoms in total. The first-order valence-electron chi connectivity index (χ1n) is 6.25. The molecule has 1 aliphatic heterocycles. The first kappa shape index (κ1) is 14.6. The van der Waals surface area contributed by atoms with Gasteiger partial charge < -0.3 is 5.73 Å². The van der Waals surface area contributed by atoms with Crippen LogP contribution in [0.4, 0.5) is 5.82 Å². The van der Waals surface area contributed by atoms with Crippen LogP contribution in [0, 0.1) is 5.92 Å². The molecule has 7 heteroatoms. The third-order valence-corrected chi connectivity index (χ3v) is 5.76. The van der Waals surface area contributed by atoms with Gasteiger partial charge in [0.2, 0.25) is 10.0 Å². The third-order valence-electron chi connectivity index (χ3n) is 3.51. The zero-order chi connectivity index (χ0) is 14.2. The van der Waals surface area contributed by atoms with Gasteiger partial charge in [0.05, 0.1) is 5.02 Å². The molecular formula is C12H18ClN3O2S. The van der Waals surface area contributed by atoms with Gasteiger partial charge >= 0.3 is 0 Å². The van der Waals surface area contributed by atoms with Gasteiger partial charge in [0.15, 0.2) is 0 Å². The molecule has 106 valence electrons. The van der Waals surface area contributed by atoms with Gasteiger partial charge in [-0.25, -0.2) is 13.4 Å². The van der Waals surface area contributed by atoms with E-state index in [1.54, 1.807) is 0 Å². The Bertz CT molecular complexity index is 576. The lowest BCUT2D eigenvalue weighted by atomic mass is 9.97. The Labute approximate surface area is 118 Å². The lowest BCUT2D eigenvalue weighted by molar-refractivity contribution is 0.218. The number of piperidine rings is 1. The van der Waals surface area contributed by atoms with E-state index in [9.17, 15) is 8.42 Å². The Morgan fingerprint density at radius 3 is 2.74 bits per heavy atom. The number of aromatic nitrogens is 1. The molecule has 0 amide bonds. The molecule has 0 aromatic carbocycles. The van der Waals surface area contributed by atoms with Gasteiger partial charge in [-0.3, -0.25) is 0 Å². The fraction of sp³-hybridized carbons (Fsp3) is 0.583. The molecule has 0 radical (unpaired) electrons. The number of hydrogen-bond acceptors (Lipinski definition) is 4. The fourth-order valence-corrected chi connectivity index (χ4v) is 4.28. The molecule has 0 aliphatic carbocycles. The van der Waals surface area contributed by atoms with E-state index in [4.69, 9.17) is 17.3 Å². The molecule has 0 bridgehead atoms. The Kier molecular flexibility index (Phi) is 4.03. The van der Waals surface area contributed by atoms with Crippen LogP contribution in [0.2, 0.25) is 5.02 Å². The normalized spacial score (nSPS) is 25.4. The molecular weight excluding hydrogens is 286 g/mol. The number of pyridine rings is 1. The van der Waals surface area contributed by atoms with Gasteiger partial charge in [-0.05, 0) is 31.7 Å². The number of hydrogen-bond donors (Lipinski definition) is 1. The van der Waals surface area contributed by atoms with E-state index >= 15 is 0 Å². The number of rotatable bonds is 2. The summed E-state index contributed by atoms with van der Waals surface area (Å²) in [7, 11) is -3.55. The van der Waals surface area contributed by atoms with Crippen LogP contribution < -0.4 is 5.73 Å². The van der Waals surface area contributed by atoms with E-state index in [0.717, 1.165) is 12.8 Å². The van der Waals surface area contributed by atoms with E-state index in [2.05, 4.69) is 11.9 Å². The Morgan fingerprint density at radius 2 is 2.11 bits per heavy atom. The lowest BCUT2D eigenvalue weighted by Crippen LogP contribution is -2.44. The number of nitrogens with two attached hydrogens (primary N) is 1. The highest BCUT2D eigenvalue weighted by Crippen LogP contribution is 2.29.